The zero-order chi connectivity index (χ0) is 14.7. The van der Waals surface area contributed by atoms with Crippen LogP contribution in [0.1, 0.15) is 9.88 Å². The molecule has 2 aromatic rings. The summed E-state index contributed by atoms with van der Waals surface area (Å²) in [5, 5.41) is 3.72. The molecule has 0 bridgehead atoms. The minimum absolute atomic E-state index is 0.109. The number of halogens is 3. The van der Waals surface area contributed by atoms with Gasteiger partial charge in [-0.1, -0.05) is 0 Å². The molecule has 0 unspecified atom stereocenters. The van der Waals surface area contributed by atoms with E-state index in [2.05, 4.69) is 15.0 Å². The predicted octanol–water partition coefficient (Wildman–Crippen LogP) is 3.39. The normalized spacial score (nSPS) is 10.8. The Bertz CT molecular complexity index is 604. The molecule has 0 radical (unpaired) electrons. The molecule has 0 saturated carbocycles. The lowest BCUT2D eigenvalue weighted by atomic mass is 10.2. The fourth-order valence-corrected chi connectivity index (χ4v) is 2.29. The first-order chi connectivity index (χ1) is 9.45. The van der Waals surface area contributed by atoms with Crippen molar-refractivity contribution in [2.75, 3.05) is 11.1 Å². The molecule has 0 aliphatic rings. The van der Waals surface area contributed by atoms with Crippen molar-refractivity contribution >= 4 is 22.7 Å². The van der Waals surface area contributed by atoms with Crippen molar-refractivity contribution in [2.45, 2.75) is 20.1 Å². The molecule has 1 heterocycles. The van der Waals surface area contributed by atoms with Crippen molar-refractivity contribution in [3.63, 3.8) is 0 Å². The third kappa shape index (κ3) is 3.53. The Hall–Kier alpha value is -1.96. The van der Waals surface area contributed by atoms with Crippen molar-refractivity contribution < 1.29 is 17.9 Å². The Kier molecular flexibility index (Phi) is 4.33. The summed E-state index contributed by atoms with van der Waals surface area (Å²) in [7, 11) is 0. The highest BCUT2D eigenvalue weighted by Gasteiger charge is 2.13. The molecule has 20 heavy (non-hydrogen) atoms. The highest BCUT2D eigenvalue weighted by molar-refractivity contribution is 7.11. The number of rotatable bonds is 5. The summed E-state index contributed by atoms with van der Waals surface area (Å²) in [6, 6.07) is 2.05. The number of aryl methyl sites for hydroxylation is 1. The molecular weight excluding hydrogens is 291 g/mol. The molecule has 0 aliphatic heterocycles. The molecular formula is C12H12F3N3OS. The molecule has 2 rings (SSSR count). The number of nitrogens with zero attached hydrogens (tertiary/aromatic N) is 1. The van der Waals surface area contributed by atoms with Crippen molar-refractivity contribution in [1.82, 2.24) is 4.98 Å². The Morgan fingerprint density at radius 1 is 1.45 bits per heavy atom. The number of hydrogen-bond donors (Lipinski definition) is 2. The number of hydrogen-bond acceptors (Lipinski definition) is 5. The fourth-order valence-electron chi connectivity index (χ4n) is 1.56. The number of nitrogens with two attached hydrogens (primary N) is 1. The Labute approximate surface area is 117 Å². The molecule has 0 saturated heterocycles. The molecule has 0 amide bonds. The summed E-state index contributed by atoms with van der Waals surface area (Å²) in [5.41, 5.74) is 6.05. The number of benzene rings is 1. The number of anilines is 2. The van der Waals surface area contributed by atoms with E-state index in [4.69, 9.17) is 5.73 Å². The number of nitrogen functional groups attached to an aromatic ring is 1. The number of aromatic nitrogens is 1. The summed E-state index contributed by atoms with van der Waals surface area (Å²) in [6.07, 6.45) is 1.72. The Morgan fingerprint density at radius 3 is 2.80 bits per heavy atom. The van der Waals surface area contributed by atoms with Crippen LogP contribution in [0.2, 0.25) is 0 Å². The van der Waals surface area contributed by atoms with Crippen molar-refractivity contribution in [3.05, 3.63) is 34.0 Å². The van der Waals surface area contributed by atoms with Crippen LogP contribution in [0.25, 0.3) is 0 Å². The monoisotopic (exact) mass is 303 g/mol. The zero-order valence-corrected chi connectivity index (χ0v) is 11.3. The quantitative estimate of drug-likeness (QED) is 0.831. The largest absolute Gasteiger partial charge is 0.432 e. The Balaban J connectivity index is 2.14. The van der Waals surface area contributed by atoms with Gasteiger partial charge >= 0.3 is 6.61 Å². The molecule has 0 aliphatic carbocycles. The van der Waals surface area contributed by atoms with E-state index in [-0.39, 0.29) is 5.69 Å². The molecule has 8 heteroatoms. The van der Waals surface area contributed by atoms with Crippen LogP contribution < -0.4 is 15.8 Å². The Morgan fingerprint density at radius 2 is 2.20 bits per heavy atom. The van der Waals surface area contributed by atoms with Gasteiger partial charge in [0.1, 0.15) is 5.01 Å². The van der Waals surface area contributed by atoms with Gasteiger partial charge in [0, 0.05) is 23.2 Å². The van der Waals surface area contributed by atoms with E-state index in [1.54, 1.807) is 6.20 Å². The second-order valence-electron chi connectivity index (χ2n) is 3.97. The van der Waals surface area contributed by atoms with Gasteiger partial charge in [0.15, 0.2) is 11.6 Å². The summed E-state index contributed by atoms with van der Waals surface area (Å²) >= 11 is 1.49. The van der Waals surface area contributed by atoms with E-state index in [0.29, 0.717) is 12.2 Å². The number of nitrogens with one attached hydrogen (secondary N) is 1. The second-order valence-corrected chi connectivity index (χ2v) is 5.29. The van der Waals surface area contributed by atoms with Gasteiger partial charge in [0.25, 0.3) is 0 Å². The number of thiazole rings is 1. The number of ether oxygens (including phenoxy) is 1. The molecule has 0 spiro atoms. The topological polar surface area (TPSA) is 60.2 Å². The number of alkyl halides is 2. The molecule has 1 aromatic carbocycles. The van der Waals surface area contributed by atoms with Crippen molar-refractivity contribution in [1.29, 1.82) is 0 Å². The third-order valence-corrected chi connectivity index (χ3v) is 3.33. The summed E-state index contributed by atoms with van der Waals surface area (Å²) in [5.74, 6) is -1.48. The van der Waals surface area contributed by atoms with Crippen LogP contribution in [0.4, 0.5) is 24.5 Å². The van der Waals surface area contributed by atoms with Crippen LogP contribution in [-0.2, 0) is 6.54 Å². The lowest BCUT2D eigenvalue weighted by Gasteiger charge is -2.12. The molecule has 4 nitrogen and oxygen atoms in total. The first kappa shape index (κ1) is 14.4. The summed E-state index contributed by atoms with van der Waals surface area (Å²) < 4.78 is 41.7. The van der Waals surface area contributed by atoms with Gasteiger partial charge in [-0.25, -0.2) is 9.37 Å². The molecule has 108 valence electrons. The van der Waals surface area contributed by atoms with E-state index in [1.165, 1.54) is 11.3 Å². The SMILES string of the molecule is Cc1cnc(CNc2cc(OC(F)F)c(F)cc2N)s1. The summed E-state index contributed by atoms with van der Waals surface area (Å²) in [4.78, 5) is 5.19. The maximum Gasteiger partial charge on any atom is 0.387 e. The standard InChI is InChI=1S/C12H12F3N3OS/c1-6-4-18-11(20-6)5-17-9-3-10(19-12(14)15)7(13)2-8(9)16/h2-4,12,17H,5,16H2,1H3. The van der Waals surface area contributed by atoms with Crippen LogP contribution in [-0.4, -0.2) is 11.6 Å². The van der Waals surface area contributed by atoms with Crippen molar-refractivity contribution in [3.8, 4) is 5.75 Å². The van der Waals surface area contributed by atoms with E-state index >= 15 is 0 Å². The van der Waals surface area contributed by atoms with Gasteiger partial charge in [-0.15, -0.1) is 11.3 Å². The molecule has 1 aromatic heterocycles. The van der Waals surface area contributed by atoms with Gasteiger partial charge in [0.05, 0.1) is 17.9 Å². The highest BCUT2D eigenvalue weighted by atomic mass is 32.1. The van der Waals surface area contributed by atoms with Gasteiger partial charge in [0.2, 0.25) is 0 Å². The average Bonchev–Trinajstić information content (AvgIpc) is 2.76. The van der Waals surface area contributed by atoms with E-state index in [1.807, 2.05) is 6.92 Å². The average molecular weight is 303 g/mol. The lowest BCUT2D eigenvalue weighted by Crippen LogP contribution is -2.07. The fraction of sp³-hybridized carbons (Fsp3) is 0.250. The first-order valence-corrected chi connectivity index (χ1v) is 6.46. The smallest absolute Gasteiger partial charge is 0.387 e. The molecule has 0 atom stereocenters. The second kappa shape index (κ2) is 6.00. The third-order valence-electron chi connectivity index (χ3n) is 2.42. The summed E-state index contributed by atoms with van der Waals surface area (Å²) in [6.45, 7) is -0.813. The molecule has 3 N–H and O–H groups in total. The zero-order valence-electron chi connectivity index (χ0n) is 10.5. The lowest BCUT2D eigenvalue weighted by molar-refractivity contribution is -0.0521. The van der Waals surface area contributed by atoms with E-state index in [9.17, 15) is 13.2 Å². The van der Waals surface area contributed by atoms with Gasteiger partial charge < -0.3 is 15.8 Å². The van der Waals surface area contributed by atoms with Crippen molar-refractivity contribution in [2.24, 2.45) is 0 Å². The van der Waals surface area contributed by atoms with Gasteiger partial charge in [-0.05, 0) is 6.92 Å². The van der Waals surface area contributed by atoms with Crippen LogP contribution >= 0.6 is 11.3 Å². The van der Waals surface area contributed by atoms with E-state index in [0.717, 1.165) is 22.0 Å². The first-order valence-electron chi connectivity index (χ1n) is 5.64. The van der Waals surface area contributed by atoms with E-state index < -0.39 is 18.2 Å². The minimum Gasteiger partial charge on any atom is -0.432 e. The van der Waals surface area contributed by atoms with Gasteiger partial charge in [-0.2, -0.15) is 8.78 Å². The minimum atomic E-state index is -3.09. The van der Waals surface area contributed by atoms with Crippen LogP contribution in [0.5, 0.6) is 5.75 Å². The van der Waals surface area contributed by atoms with Crippen LogP contribution in [0, 0.1) is 12.7 Å². The highest BCUT2D eigenvalue weighted by Crippen LogP contribution is 2.29. The van der Waals surface area contributed by atoms with Gasteiger partial charge in [-0.3, -0.25) is 0 Å². The maximum absolute atomic E-state index is 13.4. The predicted molar refractivity (Wildman–Crippen MR) is 71.6 cm³/mol. The molecule has 0 fully saturated rings. The van der Waals surface area contributed by atoms with Crippen LogP contribution in [0.15, 0.2) is 18.3 Å². The van der Waals surface area contributed by atoms with Crippen LogP contribution in [0.3, 0.4) is 0 Å². The maximum atomic E-state index is 13.4.